The van der Waals surface area contributed by atoms with Crippen molar-refractivity contribution in [1.82, 2.24) is 4.31 Å². The van der Waals surface area contributed by atoms with Gasteiger partial charge in [-0.3, -0.25) is 14.9 Å². The van der Waals surface area contributed by atoms with E-state index < -0.39 is 14.9 Å². The Balaban J connectivity index is 1.98. The molecule has 2 atom stereocenters. The summed E-state index contributed by atoms with van der Waals surface area (Å²) in [7, 11) is -3.98. The van der Waals surface area contributed by atoms with Crippen molar-refractivity contribution in [2.45, 2.75) is 43.8 Å². The highest BCUT2D eigenvalue weighted by Gasteiger charge is 2.36. The second-order valence-electron chi connectivity index (χ2n) is 7.65. The normalized spacial score (nSPS) is 24.4. The lowest BCUT2D eigenvalue weighted by atomic mass is 9.96. The van der Waals surface area contributed by atoms with Gasteiger partial charge in [0.05, 0.1) is 22.8 Å². The van der Waals surface area contributed by atoms with E-state index in [2.05, 4.69) is 0 Å². The van der Waals surface area contributed by atoms with Crippen LogP contribution in [0.2, 0.25) is 0 Å². The van der Waals surface area contributed by atoms with Crippen molar-refractivity contribution in [2.24, 2.45) is 11.7 Å². The first-order chi connectivity index (χ1) is 13.6. The highest BCUT2D eigenvalue weighted by Crippen LogP contribution is 2.34. The number of morpholine rings is 1. The molecule has 2 N–H and O–H groups in total. The maximum Gasteiger partial charge on any atom is 0.270 e. The van der Waals surface area contributed by atoms with Crippen LogP contribution in [0.4, 0.5) is 11.4 Å². The number of nitro benzene ring substituents is 1. The van der Waals surface area contributed by atoms with Crippen molar-refractivity contribution in [3.8, 4) is 0 Å². The molecule has 3 rings (SSSR count). The molecule has 29 heavy (non-hydrogen) atoms. The molecule has 0 radical (unpaired) electrons. The SMILES string of the molecule is C[C@H]1CN(S(=O)(=O)c2cc([N+](=O)[O-])ccc2N2CCC(C(N)=O)CC2)C[C@H](C)O1. The molecule has 160 valence electrons. The number of ether oxygens (including phenoxy) is 1. The summed E-state index contributed by atoms with van der Waals surface area (Å²) in [5.74, 6) is -0.609. The first kappa shape index (κ1) is 21.5. The van der Waals surface area contributed by atoms with Crippen LogP contribution in [0.25, 0.3) is 0 Å². The molecule has 0 bridgehead atoms. The number of benzene rings is 1. The van der Waals surface area contributed by atoms with Crippen molar-refractivity contribution >= 4 is 27.3 Å². The van der Waals surface area contributed by atoms with Crippen LogP contribution in [0.15, 0.2) is 23.1 Å². The maximum atomic E-state index is 13.4. The summed E-state index contributed by atoms with van der Waals surface area (Å²) in [6.45, 7) is 4.84. The molecule has 0 saturated carbocycles. The van der Waals surface area contributed by atoms with E-state index in [0.29, 0.717) is 31.6 Å². The van der Waals surface area contributed by atoms with Gasteiger partial charge in [-0.15, -0.1) is 0 Å². The van der Waals surface area contributed by atoms with Crippen LogP contribution < -0.4 is 10.6 Å². The Morgan fingerprint density at radius 1 is 1.21 bits per heavy atom. The summed E-state index contributed by atoms with van der Waals surface area (Å²) in [5.41, 5.74) is 5.50. The highest BCUT2D eigenvalue weighted by atomic mass is 32.2. The van der Waals surface area contributed by atoms with Gasteiger partial charge in [0, 0.05) is 44.2 Å². The van der Waals surface area contributed by atoms with Crippen molar-refractivity contribution < 1.29 is 22.9 Å². The van der Waals surface area contributed by atoms with Crippen LogP contribution in [-0.4, -0.2) is 61.9 Å². The van der Waals surface area contributed by atoms with Crippen LogP contribution in [0.1, 0.15) is 26.7 Å². The molecular formula is C18H26N4O6S. The van der Waals surface area contributed by atoms with Gasteiger partial charge in [-0.25, -0.2) is 8.42 Å². The number of carbonyl (C=O) groups excluding carboxylic acids is 1. The summed E-state index contributed by atoms with van der Waals surface area (Å²) in [6.07, 6.45) is 0.471. The zero-order valence-corrected chi connectivity index (χ0v) is 17.3. The highest BCUT2D eigenvalue weighted by molar-refractivity contribution is 7.89. The Morgan fingerprint density at radius 2 is 1.79 bits per heavy atom. The van der Waals surface area contributed by atoms with E-state index in [4.69, 9.17) is 10.5 Å². The molecule has 0 aromatic heterocycles. The van der Waals surface area contributed by atoms with E-state index in [1.165, 1.54) is 16.4 Å². The van der Waals surface area contributed by atoms with Gasteiger partial charge >= 0.3 is 0 Å². The molecule has 2 saturated heterocycles. The Morgan fingerprint density at radius 3 is 2.31 bits per heavy atom. The largest absolute Gasteiger partial charge is 0.373 e. The van der Waals surface area contributed by atoms with Gasteiger partial charge in [0.25, 0.3) is 5.69 Å². The van der Waals surface area contributed by atoms with E-state index >= 15 is 0 Å². The minimum Gasteiger partial charge on any atom is -0.373 e. The number of nitro groups is 1. The van der Waals surface area contributed by atoms with Crippen molar-refractivity contribution in [3.05, 3.63) is 28.3 Å². The summed E-state index contributed by atoms with van der Waals surface area (Å²) in [5, 5.41) is 11.3. The fourth-order valence-electron chi connectivity index (χ4n) is 3.96. The molecule has 2 aliphatic heterocycles. The van der Waals surface area contributed by atoms with Gasteiger partial charge < -0.3 is 15.4 Å². The second kappa shape index (κ2) is 8.25. The van der Waals surface area contributed by atoms with E-state index in [0.717, 1.165) is 6.07 Å². The van der Waals surface area contributed by atoms with E-state index in [1.54, 1.807) is 13.8 Å². The molecule has 1 aromatic rings. The molecule has 0 aliphatic carbocycles. The minimum absolute atomic E-state index is 0.0921. The van der Waals surface area contributed by atoms with E-state index in [-0.39, 0.29) is 47.7 Å². The molecular weight excluding hydrogens is 400 g/mol. The number of sulfonamides is 1. The molecule has 10 nitrogen and oxygen atoms in total. The van der Waals surface area contributed by atoms with Crippen LogP contribution in [0.5, 0.6) is 0 Å². The third-order valence-corrected chi connectivity index (χ3v) is 7.26. The van der Waals surface area contributed by atoms with Crippen LogP contribution >= 0.6 is 0 Å². The molecule has 0 spiro atoms. The van der Waals surface area contributed by atoms with Crippen molar-refractivity contribution in [1.29, 1.82) is 0 Å². The summed E-state index contributed by atoms with van der Waals surface area (Å²) in [4.78, 5) is 23.9. The fraction of sp³-hybridized carbons (Fsp3) is 0.611. The number of nitrogens with two attached hydrogens (primary N) is 1. The number of nitrogens with zero attached hydrogens (tertiary/aromatic N) is 3. The molecule has 1 amide bonds. The molecule has 11 heteroatoms. The Hall–Kier alpha value is -2.24. The van der Waals surface area contributed by atoms with Crippen LogP contribution in [0, 0.1) is 16.0 Å². The topological polar surface area (TPSA) is 136 Å². The number of carbonyl (C=O) groups is 1. The van der Waals surface area contributed by atoms with E-state index in [1.807, 2.05) is 4.90 Å². The summed E-state index contributed by atoms with van der Waals surface area (Å²) >= 11 is 0. The van der Waals surface area contributed by atoms with E-state index in [9.17, 15) is 23.3 Å². The number of primary amides is 1. The lowest BCUT2D eigenvalue weighted by Gasteiger charge is -2.37. The number of hydrogen-bond acceptors (Lipinski definition) is 7. The average molecular weight is 426 g/mol. The average Bonchev–Trinajstić information content (AvgIpc) is 2.66. The Labute approximate surface area is 169 Å². The number of non-ortho nitro benzene ring substituents is 1. The van der Waals surface area contributed by atoms with Gasteiger partial charge in [-0.2, -0.15) is 4.31 Å². The fourth-order valence-corrected chi connectivity index (χ4v) is 5.78. The van der Waals surface area contributed by atoms with Crippen LogP contribution in [0.3, 0.4) is 0 Å². The Kier molecular flexibility index (Phi) is 6.11. The lowest BCUT2D eigenvalue weighted by molar-refractivity contribution is -0.385. The number of hydrogen-bond donors (Lipinski definition) is 1. The summed E-state index contributed by atoms with van der Waals surface area (Å²) < 4.78 is 33.8. The van der Waals surface area contributed by atoms with Gasteiger partial charge in [-0.1, -0.05) is 0 Å². The van der Waals surface area contributed by atoms with Crippen LogP contribution in [-0.2, 0) is 19.6 Å². The lowest BCUT2D eigenvalue weighted by Crippen LogP contribution is -2.48. The molecule has 2 aliphatic rings. The van der Waals surface area contributed by atoms with Crippen molar-refractivity contribution in [3.63, 3.8) is 0 Å². The number of piperidine rings is 1. The van der Waals surface area contributed by atoms with Gasteiger partial charge in [0.2, 0.25) is 15.9 Å². The standard InChI is InChI=1S/C18H26N4O6S/c1-12-10-21(11-13(2)28-12)29(26,27)17-9-15(22(24)25)3-4-16(17)20-7-5-14(6-8-20)18(19)23/h3-4,9,12-14H,5-8,10-11H2,1-2H3,(H2,19,23)/t12-,13-/m0/s1. The second-order valence-corrected chi connectivity index (χ2v) is 9.56. The molecule has 2 heterocycles. The number of anilines is 1. The predicted molar refractivity (Wildman–Crippen MR) is 106 cm³/mol. The first-order valence-electron chi connectivity index (χ1n) is 9.58. The van der Waals surface area contributed by atoms with Gasteiger partial charge in [0.1, 0.15) is 4.90 Å². The summed E-state index contributed by atoms with van der Waals surface area (Å²) in [6, 6.07) is 3.90. The third-order valence-electron chi connectivity index (χ3n) is 5.40. The smallest absolute Gasteiger partial charge is 0.270 e. The molecule has 1 aromatic carbocycles. The zero-order chi connectivity index (χ0) is 21.3. The quantitative estimate of drug-likeness (QED) is 0.550. The number of amides is 1. The maximum absolute atomic E-state index is 13.4. The third kappa shape index (κ3) is 4.51. The number of rotatable bonds is 5. The monoisotopic (exact) mass is 426 g/mol. The predicted octanol–water partition coefficient (Wildman–Crippen LogP) is 1.09. The molecule has 2 fully saturated rings. The Bertz CT molecular complexity index is 888. The first-order valence-corrected chi connectivity index (χ1v) is 11.0. The van der Waals surface area contributed by atoms with Gasteiger partial charge in [-0.05, 0) is 32.8 Å². The molecule has 0 unspecified atom stereocenters. The zero-order valence-electron chi connectivity index (χ0n) is 16.5. The minimum atomic E-state index is -3.98. The van der Waals surface area contributed by atoms with Crippen molar-refractivity contribution in [2.75, 3.05) is 31.1 Å². The van der Waals surface area contributed by atoms with Gasteiger partial charge in [0.15, 0.2) is 0 Å².